The molecule has 2 fully saturated rings. The molecule has 0 aromatic heterocycles. The lowest BCUT2D eigenvalue weighted by molar-refractivity contribution is -0.101. The first-order chi connectivity index (χ1) is 16.1. The number of likely N-dealkylation sites (N-methyl/N-ethyl adjacent to an activating group) is 1. The Morgan fingerprint density at radius 1 is 1.03 bits per heavy atom. The van der Waals surface area contributed by atoms with E-state index in [2.05, 4.69) is 15.1 Å². The lowest BCUT2D eigenvalue weighted by atomic mass is 9.92. The van der Waals surface area contributed by atoms with E-state index in [9.17, 15) is 23.1 Å². The van der Waals surface area contributed by atoms with E-state index < -0.39 is 34.6 Å². The SMILES string of the molecule is CC.Cc1ccc(Nc2c(C(=O)N3CC(O)(CN4CCN(C)CC4)C3)ccc(F)c2F)c(F)c1. The van der Waals surface area contributed by atoms with Crippen LogP contribution in [0.25, 0.3) is 0 Å². The molecule has 0 spiro atoms. The fourth-order valence-corrected chi connectivity index (χ4v) is 4.21. The monoisotopic (exact) mass is 478 g/mol. The average molecular weight is 479 g/mol. The number of piperazine rings is 1. The number of anilines is 2. The Morgan fingerprint density at radius 2 is 1.68 bits per heavy atom. The average Bonchev–Trinajstić information content (AvgIpc) is 2.79. The van der Waals surface area contributed by atoms with Gasteiger partial charge >= 0.3 is 0 Å². The van der Waals surface area contributed by atoms with Gasteiger partial charge in [-0.25, -0.2) is 13.2 Å². The lowest BCUT2D eigenvalue weighted by Gasteiger charge is -2.49. The summed E-state index contributed by atoms with van der Waals surface area (Å²) in [5.74, 6) is -3.60. The van der Waals surface area contributed by atoms with Crippen LogP contribution in [0.5, 0.6) is 0 Å². The molecule has 0 bridgehead atoms. The molecule has 2 aliphatic rings. The summed E-state index contributed by atoms with van der Waals surface area (Å²) < 4.78 is 42.8. The minimum atomic E-state index is -1.26. The van der Waals surface area contributed by atoms with Gasteiger partial charge in [-0.15, -0.1) is 0 Å². The Hall–Kier alpha value is -2.62. The number of rotatable bonds is 5. The van der Waals surface area contributed by atoms with E-state index in [1.54, 1.807) is 13.0 Å². The molecule has 1 amide bonds. The molecule has 34 heavy (non-hydrogen) atoms. The van der Waals surface area contributed by atoms with Crippen molar-refractivity contribution in [3.8, 4) is 0 Å². The number of aryl methyl sites for hydroxylation is 1. The van der Waals surface area contributed by atoms with Gasteiger partial charge in [0, 0.05) is 32.7 Å². The summed E-state index contributed by atoms with van der Waals surface area (Å²) in [5.41, 5.74) is -0.979. The Morgan fingerprint density at radius 3 is 2.29 bits per heavy atom. The fraction of sp³-hybridized carbons (Fsp3) is 0.480. The van der Waals surface area contributed by atoms with Crippen LogP contribution >= 0.6 is 0 Å². The quantitative estimate of drug-likeness (QED) is 0.688. The predicted octanol–water partition coefficient (Wildman–Crippen LogP) is 3.62. The number of nitrogens with one attached hydrogen (secondary N) is 1. The summed E-state index contributed by atoms with van der Waals surface area (Å²) in [5, 5.41) is 13.4. The number of carbonyl (C=O) groups excluding carboxylic acids is 1. The van der Waals surface area contributed by atoms with Crippen molar-refractivity contribution in [2.45, 2.75) is 26.4 Å². The van der Waals surface area contributed by atoms with Crippen LogP contribution in [-0.4, -0.2) is 84.2 Å². The number of hydrogen-bond donors (Lipinski definition) is 2. The first kappa shape index (κ1) is 26.0. The highest BCUT2D eigenvalue weighted by Crippen LogP contribution is 2.32. The van der Waals surface area contributed by atoms with E-state index in [1.165, 1.54) is 23.1 Å². The molecule has 2 aromatic carbocycles. The van der Waals surface area contributed by atoms with Crippen LogP contribution in [0.1, 0.15) is 29.8 Å². The number of aliphatic hydroxyl groups is 1. The summed E-state index contributed by atoms with van der Waals surface area (Å²) in [6.45, 7) is 9.85. The number of likely N-dealkylation sites (tertiary alicyclic amines) is 1. The molecule has 2 N–H and O–H groups in total. The van der Waals surface area contributed by atoms with Crippen LogP contribution in [0.2, 0.25) is 0 Å². The molecule has 6 nitrogen and oxygen atoms in total. The molecule has 0 unspecified atom stereocenters. The van der Waals surface area contributed by atoms with Crippen molar-refractivity contribution in [3.05, 3.63) is 58.9 Å². The van der Waals surface area contributed by atoms with Crippen LogP contribution in [0.4, 0.5) is 24.5 Å². The maximum Gasteiger partial charge on any atom is 0.256 e. The summed E-state index contributed by atoms with van der Waals surface area (Å²) >= 11 is 0. The van der Waals surface area contributed by atoms with Crippen molar-refractivity contribution in [1.29, 1.82) is 0 Å². The maximum absolute atomic E-state index is 14.6. The molecule has 2 heterocycles. The van der Waals surface area contributed by atoms with Crippen LogP contribution < -0.4 is 5.32 Å². The number of β-amino-alcohol motifs (C(OH)–C–C–N with tert-alkyl or cyclic N) is 1. The van der Waals surface area contributed by atoms with Gasteiger partial charge in [-0.05, 0) is 43.8 Å². The Labute approximate surface area is 199 Å². The van der Waals surface area contributed by atoms with Gasteiger partial charge in [-0.2, -0.15) is 0 Å². The largest absolute Gasteiger partial charge is 0.385 e. The first-order valence-electron chi connectivity index (χ1n) is 11.6. The molecule has 0 aliphatic carbocycles. The van der Waals surface area contributed by atoms with Crippen molar-refractivity contribution in [2.75, 3.05) is 58.2 Å². The van der Waals surface area contributed by atoms with Gasteiger partial charge in [-0.3, -0.25) is 9.69 Å². The normalized spacial score (nSPS) is 18.1. The zero-order chi connectivity index (χ0) is 25.0. The van der Waals surface area contributed by atoms with E-state index in [-0.39, 0.29) is 24.3 Å². The maximum atomic E-state index is 14.6. The van der Waals surface area contributed by atoms with Gasteiger partial charge in [0.2, 0.25) is 0 Å². The molecule has 4 rings (SSSR count). The van der Waals surface area contributed by atoms with Gasteiger partial charge in [0.1, 0.15) is 11.4 Å². The third-order valence-corrected chi connectivity index (χ3v) is 6.08. The van der Waals surface area contributed by atoms with E-state index in [0.29, 0.717) is 12.1 Å². The second-order valence-electron chi connectivity index (χ2n) is 8.86. The van der Waals surface area contributed by atoms with Crippen molar-refractivity contribution in [2.24, 2.45) is 0 Å². The number of halogens is 3. The van der Waals surface area contributed by atoms with Crippen LogP contribution in [0.3, 0.4) is 0 Å². The molecule has 186 valence electrons. The highest BCUT2D eigenvalue weighted by Gasteiger charge is 2.45. The molecule has 0 radical (unpaired) electrons. The minimum Gasteiger partial charge on any atom is -0.385 e. The number of carbonyl (C=O) groups is 1. The molecule has 9 heteroatoms. The van der Waals surface area contributed by atoms with E-state index >= 15 is 0 Å². The van der Waals surface area contributed by atoms with Crippen molar-refractivity contribution >= 4 is 17.3 Å². The van der Waals surface area contributed by atoms with Crippen molar-refractivity contribution < 1.29 is 23.1 Å². The second-order valence-corrected chi connectivity index (χ2v) is 8.86. The van der Waals surface area contributed by atoms with Gasteiger partial charge in [0.25, 0.3) is 5.91 Å². The highest BCUT2D eigenvalue weighted by molar-refractivity contribution is 6.01. The van der Waals surface area contributed by atoms with Crippen LogP contribution in [0, 0.1) is 24.4 Å². The highest BCUT2D eigenvalue weighted by atomic mass is 19.2. The first-order valence-corrected chi connectivity index (χ1v) is 11.6. The molecular formula is C25H33F3N4O2. The Balaban J connectivity index is 0.00000158. The Kier molecular flexibility index (Phi) is 8.22. The van der Waals surface area contributed by atoms with Gasteiger partial charge < -0.3 is 20.2 Å². The lowest BCUT2D eigenvalue weighted by Crippen LogP contribution is -2.68. The third-order valence-electron chi connectivity index (χ3n) is 6.08. The van der Waals surface area contributed by atoms with Crippen LogP contribution in [0.15, 0.2) is 30.3 Å². The van der Waals surface area contributed by atoms with Gasteiger partial charge in [-0.1, -0.05) is 19.9 Å². The standard InChI is InChI=1S/C23H27F3N4O2.C2H6/c1-15-3-6-19(18(25)11-15)27-21-16(4-5-17(24)20(21)26)22(31)30-13-23(32,14-30)12-29-9-7-28(2)8-10-29;1-2/h3-6,11,27,32H,7-10,12-14H2,1-2H3;1-2H3. The molecule has 0 atom stereocenters. The van der Waals surface area contributed by atoms with Gasteiger partial charge in [0.15, 0.2) is 11.6 Å². The number of amides is 1. The Bertz CT molecular complexity index is 1020. The number of benzene rings is 2. The number of nitrogens with zero attached hydrogens (tertiary/aromatic N) is 3. The second kappa shape index (κ2) is 10.8. The third kappa shape index (κ3) is 5.71. The van der Waals surface area contributed by atoms with Gasteiger partial charge in [0.05, 0.1) is 30.0 Å². The fourth-order valence-electron chi connectivity index (χ4n) is 4.21. The summed E-state index contributed by atoms with van der Waals surface area (Å²) in [4.78, 5) is 18.8. The molecule has 2 aromatic rings. The van der Waals surface area contributed by atoms with Crippen molar-refractivity contribution in [3.63, 3.8) is 0 Å². The minimum absolute atomic E-state index is 0.0654. The van der Waals surface area contributed by atoms with E-state index in [4.69, 9.17) is 0 Å². The summed E-state index contributed by atoms with van der Waals surface area (Å²) in [6, 6.07) is 6.33. The zero-order valence-corrected chi connectivity index (χ0v) is 20.2. The zero-order valence-electron chi connectivity index (χ0n) is 20.2. The number of hydrogen-bond acceptors (Lipinski definition) is 5. The van der Waals surface area contributed by atoms with Crippen LogP contribution in [-0.2, 0) is 0 Å². The molecular weight excluding hydrogens is 445 g/mol. The molecule has 2 saturated heterocycles. The van der Waals surface area contributed by atoms with E-state index in [0.717, 1.165) is 32.2 Å². The molecule has 0 saturated carbocycles. The molecule has 2 aliphatic heterocycles. The smallest absolute Gasteiger partial charge is 0.256 e. The topological polar surface area (TPSA) is 59.1 Å². The predicted molar refractivity (Wildman–Crippen MR) is 127 cm³/mol. The summed E-state index contributed by atoms with van der Waals surface area (Å²) in [7, 11) is 2.05. The van der Waals surface area contributed by atoms with Crippen molar-refractivity contribution in [1.82, 2.24) is 14.7 Å². The summed E-state index contributed by atoms with van der Waals surface area (Å²) in [6.07, 6.45) is 0. The van der Waals surface area contributed by atoms with E-state index in [1.807, 2.05) is 20.9 Å².